The van der Waals surface area contributed by atoms with Gasteiger partial charge in [-0.15, -0.1) is 0 Å². The number of rotatable bonds is 37. The van der Waals surface area contributed by atoms with E-state index in [-0.39, 0.29) is 36.7 Å². The summed E-state index contributed by atoms with van der Waals surface area (Å²) in [5.41, 5.74) is 0. The van der Waals surface area contributed by atoms with Crippen LogP contribution in [-0.4, -0.2) is 73.5 Å². The number of aliphatic carboxylic acids is 1. The van der Waals surface area contributed by atoms with E-state index in [1.807, 2.05) is 27.1 Å². The van der Waals surface area contributed by atoms with Crippen molar-refractivity contribution in [2.75, 3.05) is 27.2 Å². The van der Waals surface area contributed by atoms with Crippen molar-refractivity contribution in [3.8, 4) is 0 Å². The van der Waals surface area contributed by atoms with Gasteiger partial charge < -0.3 is 24.2 Å². The Bertz CT molecular complexity index is 888. The molecule has 0 amide bonds. The molecule has 0 bridgehead atoms. The van der Waals surface area contributed by atoms with Crippen LogP contribution in [0.3, 0.4) is 0 Å². The molecule has 0 aliphatic carbocycles. The summed E-state index contributed by atoms with van der Waals surface area (Å²) in [5, 5.41) is 8.82. The summed E-state index contributed by atoms with van der Waals surface area (Å²) < 4.78 is 17.8. The molecule has 0 saturated carbocycles. The molecule has 0 aliphatic rings. The van der Waals surface area contributed by atoms with Gasteiger partial charge in [-0.25, -0.2) is 0 Å². The summed E-state index contributed by atoms with van der Waals surface area (Å²) >= 11 is 0. The van der Waals surface area contributed by atoms with Crippen molar-refractivity contribution >= 4 is 17.9 Å². The molecule has 0 spiro atoms. The quantitative estimate of drug-likeness (QED) is 0.0384. The van der Waals surface area contributed by atoms with Crippen LogP contribution in [0.15, 0.2) is 24.3 Å². The Balaban J connectivity index is 4.60. The van der Waals surface area contributed by atoms with Crippen molar-refractivity contribution in [3.05, 3.63) is 24.3 Å². The second-order valence-corrected chi connectivity index (χ2v) is 14.6. The van der Waals surface area contributed by atoms with Gasteiger partial charge in [0.1, 0.15) is 12.2 Å². The molecule has 8 nitrogen and oxygen atoms in total. The van der Waals surface area contributed by atoms with Gasteiger partial charge in [0, 0.05) is 19.3 Å². The van der Waals surface area contributed by atoms with E-state index >= 15 is 0 Å². The van der Waals surface area contributed by atoms with E-state index in [2.05, 4.69) is 37.0 Å². The van der Waals surface area contributed by atoms with Crippen LogP contribution in [0, 0.1) is 0 Å². The minimum absolute atomic E-state index is 0.0167. The van der Waals surface area contributed by atoms with Gasteiger partial charge in [0.05, 0.1) is 12.7 Å². The number of carboxylic acids is 1. The third-order valence-corrected chi connectivity index (χ3v) is 9.12. The zero-order valence-corrected chi connectivity index (χ0v) is 33.7. The lowest BCUT2D eigenvalue weighted by Gasteiger charge is -2.18. The lowest BCUT2D eigenvalue weighted by Crippen LogP contribution is -2.23. The first-order chi connectivity index (χ1) is 24.7. The van der Waals surface area contributed by atoms with Crippen molar-refractivity contribution < 1.29 is 33.7 Å². The Kier molecular flexibility index (Phi) is 34.6. The van der Waals surface area contributed by atoms with E-state index in [1.165, 1.54) is 44.9 Å². The molecule has 0 radical (unpaired) electrons. The minimum Gasteiger partial charge on any atom is -0.481 e. The number of carboxylic acid groups (broad SMARTS) is 1. The fraction of sp³-hybridized carbons (Fsp3) is 0.837. The Morgan fingerprint density at radius 1 is 0.608 bits per heavy atom. The second kappa shape index (κ2) is 36.2. The smallest absolute Gasteiger partial charge is 0.306 e. The average molecular weight is 722 g/mol. The van der Waals surface area contributed by atoms with Gasteiger partial charge in [0.15, 0.2) is 0 Å². The molecule has 0 rings (SSSR count). The van der Waals surface area contributed by atoms with Crippen LogP contribution < -0.4 is 0 Å². The molecule has 0 fully saturated rings. The predicted octanol–water partition coefficient (Wildman–Crippen LogP) is 11.2. The van der Waals surface area contributed by atoms with Crippen molar-refractivity contribution in [3.63, 3.8) is 0 Å². The number of carbonyl (C=O) groups excluding carboxylic acids is 2. The molecule has 0 saturated heterocycles. The number of carbonyl (C=O) groups is 3. The van der Waals surface area contributed by atoms with Gasteiger partial charge in [0.25, 0.3) is 0 Å². The van der Waals surface area contributed by atoms with Gasteiger partial charge in [-0.2, -0.15) is 0 Å². The summed E-state index contributed by atoms with van der Waals surface area (Å²) in [6.45, 7) is 7.72. The monoisotopic (exact) mass is 722 g/mol. The Morgan fingerprint density at radius 3 is 1.67 bits per heavy atom. The third-order valence-electron chi connectivity index (χ3n) is 9.12. The second-order valence-electron chi connectivity index (χ2n) is 14.6. The van der Waals surface area contributed by atoms with Crippen LogP contribution >= 0.6 is 0 Å². The largest absolute Gasteiger partial charge is 0.481 e. The zero-order valence-electron chi connectivity index (χ0n) is 33.7. The first-order valence-corrected chi connectivity index (χ1v) is 20.9. The molecule has 3 atom stereocenters. The number of allylic oxidation sites excluding steroid dienone is 2. The molecule has 0 aromatic rings. The number of nitrogens with zero attached hydrogens (tertiary/aromatic N) is 1. The van der Waals surface area contributed by atoms with Crippen molar-refractivity contribution in [1.82, 2.24) is 4.90 Å². The summed E-state index contributed by atoms with van der Waals surface area (Å²) in [7, 11) is 4.01. The first kappa shape index (κ1) is 48.8. The molecule has 0 heterocycles. The highest BCUT2D eigenvalue weighted by Crippen LogP contribution is 2.18. The van der Waals surface area contributed by atoms with E-state index < -0.39 is 5.97 Å². The first-order valence-electron chi connectivity index (χ1n) is 20.9. The van der Waals surface area contributed by atoms with E-state index in [4.69, 9.17) is 19.3 Å². The number of hydrogen-bond donors (Lipinski definition) is 1. The average Bonchev–Trinajstić information content (AvgIpc) is 3.08. The zero-order chi connectivity index (χ0) is 37.8. The van der Waals surface area contributed by atoms with Crippen LogP contribution in [0.5, 0.6) is 0 Å². The normalized spacial score (nSPS) is 13.6. The molecule has 1 N–H and O–H groups in total. The SMILES string of the molecule is CCCCCC/C=C\C(C)OCC(/C=C\CCCCCC)OC(=O)CCCCCCCC(CCCCCCCC(=O)O)OC(=O)CCCN(C)C. The minimum atomic E-state index is -0.733. The molecule has 0 aromatic carbocycles. The predicted molar refractivity (Wildman–Crippen MR) is 211 cm³/mol. The molecule has 0 aromatic heterocycles. The van der Waals surface area contributed by atoms with Gasteiger partial charge >= 0.3 is 17.9 Å². The molecule has 8 heteroatoms. The lowest BCUT2D eigenvalue weighted by atomic mass is 10.0. The van der Waals surface area contributed by atoms with Crippen molar-refractivity contribution in [1.29, 1.82) is 0 Å². The number of esters is 2. The fourth-order valence-corrected chi connectivity index (χ4v) is 5.97. The molecule has 3 unspecified atom stereocenters. The molecule has 298 valence electrons. The number of unbranched alkanes of at least 4 members (excludes halogenated alkanes) is 16. The van der Waals surface area contributed by atoms with Crippen LogP contribution in [0.25, 0.3) is 0 Å². The maximum absolute atomic E-state index is 12.8. The van der Waals surface area contributed by atoms with Gasteiger partial charge in [-0.3, -0.25) is 14.4 Å². The molecular formula is C43H79NO7. The van der Waals surface area contributed by atoms with E-state index in [1.54, 1.807) is 0 Å². The summed E-state index contributed by atoms with van der Waals surface area (Å²) in [6.07, 6.45) is 33.1. The van der Waals surface area contributed by atoms with Crippen LogP contribution in [0.1, 0.15) is 188 Å². The molecule has 0 aliphatic heterocycles. The van der Waals surface area contributed by atoms with E-state index in [0.29, 0.717) is 19.4 Å². The fourth-order valence-electron chi connectivity index (χ4n) is 5.97. The Morgan fingerprint density at radius 2 is 1.10 bits per heavy atom. The maximum atomic E-state index is 12.8. The maximum Gasteiger partial charge on any atom is 0.306 e. The molecular weight excluding hydrogens is 642 g/mol. The van der Waals surface area contributed by atoms with E-state index in [0.717, 1.165) is 109 Å². The van der Waals surface area contributed by atoms with Gasteiger partial charge in [0.2, 0.25) is 0 Å². The summed E-state index contributed by atoms with van der Waals surface area (Å²) in [4.78, 5) is 38.1. The van der Waals surface area contributed by atoms with Crippen LogP contribution in [0.4, 0.5) is 0 Å². The highest BCUT2D eigenvalue weighted by atomic mass is 16.6. The lowest BCUT2D eigenvalue weighted by molar-refractivity contribution is -0.150. The molecule has 51 heavy (non-hydrogen) atoms. The van der Waals surface area contributed by atoms with E-state index in [9.17, 15) is 14.4 Å². The highest BCUT2D eigenvalue weighted by Gasteiger charge is 2.16. The topological polar surface area (TPSA) is 102 Å². The van der Waals surface area contributed by atoms with Gasteiger partial charge in [-0.05, 0) is 104 Å². The Labute approximate surface area is 313 Å². The summed E-state index contributed by atoms with van der Waals surface area (Å²) in [6, 6.07) is 0. The highest BCUT2D eigenvalue weighted by molar-refractivity contribution is 5.70. The van der Waals surface area contributed by atoms with Crippen molar-refractivity contribution in [2.24, 2.45) is 0 Å². The van der Waals surface area contributed by atoms with Gasteiger partial charge in [-0.1, -0.05) is 109 Å². The third kappa shape index (κ3) is 36.0. The summed E-state index contributed by atoms with van der Waals surface area (Å²) in [5.74, 6) is -1.01. The number of ether oxygens (including phenoxy) is 3. The standard InChI is InChI=1S/C43H79NO7/c1-6-8-10-12-16-22-29-38(3)49-37-40(32-25-17-13-11-9-7-2)51-42(47)34-27-21-15-19-24-31-39(50-43(48)35-28-36-44(4)5)30-23-18-14-20-26-33-41(45)46/h22,25,29,32,38-40H,6-21,23-24,26-28,30-31,33-37H2,1-5H3,(H,45,46)/b29-22-,32-25-. The van der Waals surface area contributed by atoms with Crippen LogP contribution in [-0.2, 0) is 28.6 Å². The number of hydrogen-bond acceptors (Lipinski definition) is 7. The van der Waals surface area contributed by atoms with Crippen LogP contribution in [0.2, 0.25) is 0 Å². The Hall–Kier alpha value is -2.19. The van der Waals surface area contributed by atoms with Crippen molar-refractivity contribution in [2.45, 2.75) is 206 Å².